The smallest absolute Gasteiger partial charge is 0.259 e. The van der Waals surface area contributed by atoms with E-state index >= 15 is 0 Å². The van der Waals surface area contributed by atoms with Gasteiger partial charge < -0.3 is 15.0 Å². The van der Waals surface area contributed by atoms with Gasteiger partial charge in [0.25, 0.3) is 11.8 Å². The number of nitrogens with zero attached hydrogens (tertiary/aromatic N) is 1. The Labute approximate surface area is 173 Å². The summed E-state index contributed by atoms with van der Waals surface area (Å²) in [5.74, 6) is 0.213. The summed E-state index contributed by atoms with van der Waals surface area (Å²) in [5.41, 5.74) is 2.52. The van der Waals surface area contributed by atoms with E-state index in [0.717, 1.165) is 15.5 Å². The standard InChI is InChI=1S/C23H20N2O3S/c1-3-28-19-10-6-4-8-16(19)22(26)24-15-12-13-21-18(14-15)25(2)23(27)17-9-5-7-11-20(17)29-21/h4-14H,3H2,1-2H3,(H,24,26). The van der Waals surface area contributed by atoms with E-state index in [1.54, 1.807) is 41.9 Å². The molecule has 0 aliphatic carbocycles. The largest absolute Gasteiger partial charge is 0.493 e. The van der Waals surface area contributed by atoms with Gasteiger partial charge in [-0.1, -0.05) is 36.0 Å². The van der Waals surface area contributed by atoms with Crippen molar-refractivity contribution in [3.63, 3.8) is 0 Å². The van der Waals surface area contributed by atoms with E-state index in [1.807, 2.05) is 55.5 Å². The Morgan fingerprint density at radius 1 is 1.03 bits per heavy atom. The Hall–Kier alpha value is -3.25. The first kappa shape index (κ1) is 19.1. The molecule has 3 aromatic rings. The van der Waals surface area contributed by atoms with Gasteiger partial charge in [-0.3, -0.25) is 9.59 Å². The Bertz CT molecular complexity index is 1100. The number of carbonyl (C=O) groups excluding carboxylic acids is 2. The zero-order valence-corrected chi connectivity index (χ0v) is 17.0. The van der Waals surface area contributed by atoms with Crippen LogP contribution in [0.4, 0.5) is 11.4 Å². The molecule has 1 aliphatic rings. The van der Waals surface area contributed by atoms with Crippen molar-refractivity contribution in [3.05, 3.63) is 77.9 Å². The highest BCUT2D eigenvalue weighted by Crippen LogP contribution is 2.41. The van der Waals surface area contributed by atoms with Gasteiger partial charge in [0.2, 0.25) is 0 Å². The average molecular weight is 404 g/mol. The Balaban J connectivity index is 1.64. The molecule has 0 saturated heterocycles. The first-order valence-electron chi connectivity index (χ1n) is 9.30. The van der Waals surface area contributed by atoms with Crippen molar-refractivity contribution in [1.82, 2.24) is 0 Å². The number of benzene rings is 3. The number of hydrogen-bond donors (Lipinski definition) is 1. The summed E-state index contributed by atoms with van der Waals surface area (Å²) in [6.45, 7) is 2.36. The van der Waals surface area contributed by atoms with Gasteiger partial charge in [0, 0.05) is 22.5 Å². The number of para-hydroxylation sites is 1. The molecule has 29 heavy (non-hydrogen) atoms. The van der Waals surface area contributed by atoms with Crippen molar-refractivity contribution in [2.24, 2.45) is 0 Å². The highest BCUT2D eigenvalue weighted by Gasteiger charge is 2.25. The number of hydrogen-bond acceptors (Lipinski definition) is 4. The van der Waals surface area contributed by atoms with Crippen molar-refractivity contribution < 1.29 is 14.3 Å². The summed E-state index contributed by atoms with van der Waals surface area (Å²) < 4.78 is 5.55. The molecular formula is C23H20N2O3S. The Morgan fingerprint density at radius 2 is 1.79 bits per heavy atom. The minimum atomic E-state index is -0.257. The fourth-order valence-electron chi connectivity index (χ4n) is 3.22. The first-order chi connectivity index (χ1) is 14.1. The number of rotatable bonds is 4. The van der Waals surface area contributed by atoms with E-state index in [9.17, 15) is 9.59 Å². The van der Waals surface area contributed by atoms with Crippen LogP contribution in [-0.4, -0.2) is 25.5 Å². The fourth-order valence-corrected chi connectivity index (χ4v) is 4.30. The van der Waals surface area contributed by atoms with Gasteiger partial charge in [0.05, 0.1) is 23.4 Å². The lowest BCUT2D eigenvalue weighted by atomic mass is 10.1. The van der Waals surface area contributed by atoms with Crippen LogP contribution in [0, 0.1) is 0 Å². The minimum Gasteiger partial charge on any atom is -0.493 e. The van der Waals surface area contributed by atoms with Crippen LogP contribution >= 0.6 is 11.8 Å². The van der Waals surface area contributed by atoms with Gasteiger partial charge in [0.15, 0.2) is 0 Å². The third kappa shape index (κ3) is 3.71. The van der Waals surface area contributed by atoms with E-state index in [2.05, 4.69) is 5.32 Å². The number of anilines is 2. The second-order valence-corrected chi connectivity index (χ2v) is 7.61. The minimum absolute atomic E-state index is 0.0722. The topological polar surface area (TPSA) is 58.6 Å². The second-order valence-electron chi connectivity index (χ2n) is 6.53. The van der Waals surface area contributed by atoms with Gasteiger partial charge in [-0.05, 0) is 49.4 Å². The van der Waals surface area contributed by atoms with Crippen LogP contribution in [-0.2, 0) is 0 Å². The molecule has 6 heteroatoms. The molecule has 0 fully saturated rings. The molecule has 1 N–H and O–H groups in total. The molecule has 1 aliphatic heterocycles. The van der Waals surface area contributed by atoms with Crippen LogP contribution < -0.4 is 15.0 Å². The molecule has 1 heterocycles. The first-order valence-corrected chi connectivity index (χ1v) is 10.1. The lowest BCUT2D eigenvalue weighted by Gasteiger charge is -2.19. The number of carbonyl (C=O) groups is 2. The van der Waals surface area contributed by atoms with Crippen LogP contribution in [0.5, 0.6) is 5.75 Å². The zero-order valence-electron chi connectivity index (χ0n) is 16.1. The summed E-state index contributed by atoms with van der Waals surface area (Å²) in [7, 11) is 1.75. The maximum absolute atomic E-state index is 12.9. The van der Waals surface area contributed by atoms with Crippen LogP contribution in [0.1, 0.15) is 27.6 Å². The maximum atomic E-state index is 12.9. The van der Waals surface area contributed by atoms with E-state index in [4.69, 9.17) is 4.74 Å². The lowest BCUT2D eigenvalue weighted by Crippen LogP contribution is -2.26. The van der Waals surface area contributed by atoms with Crippen molar-refractivity contribution in [2.75, 3.05) is 23.9 Å². The van der Waals surface area contributed by atoms with E-state index in [0.29, 0.717) is 29.2 Å². The third-order valence-corrected chi connectivity index (χ3v) is 5.79. The molecule has 0 saturated carbocycles. The maximum Gasteiger partial charge on any atom is 0.259 e. The number of nitrogens with one attached hydrogen (secondary N) is 1. The highest BCUT2D eigenvalue weighted by atomic mass is 32.2. The molecule has 0 unspecified atom stereocenters. The van der Waals surface area contributed by atoms with Gasteiger partial charge in [-0.25, -0.2) is 0 Å². The van der Waals surface area contributed by atoms with Gasteiger partial charge in [-0.2, -0.15) is 0 Å². The van der Waals surface area contributed by atoms with Gasteiger partial charge >= 0.3 is 0 Å². The molecule has 0 radical (unpaired) electrons. The molecule has 4 rings (SSSR count). The third-order valence-electron chi connectivity index (χ3n) is 4.65. The Morgan fingerprint density at radius 3 is 2.62 bits per heavy atom. The molecular weight excluding hydrogens is 384 g/mol. The molecule has 5 nitrogen and oxygen atoms in total. The van der Waals surface area contributed by atoms with Crippen molar-refractivity contribution in [3.8, 4) is 5.75 Å². The summed E-state index contributed by atoms with van der Waals surface area (Å²) in [6.07, 6.45) is 0. The van der Waals surface area contributed by atoms with Crippen molar-refractivity contribution >= 4 is 35.0 Å². The van der Waals surface area contributed by atoms with Crippen LogP contribution in [0.15, 0.2) is 76.5 Å². The predicted molar refractivity (Wildman–Crippen MR) is 115 cm³/mol. The van der Waals surface area contributed by atoms with Gasteiger partial charge in [-0.15, -0.1) is 0 Å². The molecule has 146 valence electrons. The molecule has 0 aromatic heterocycles. The van der Waals surface area contributed by atoms with E-state index in [-0.39, 0.29) is 11.8 Å². The molecule has 3 aromatic carbocycles. The summed E-state index contributed by atoms with van der Waals surface area (Å²) in [5, 5.41) is 2.92. The summed E-state index contributed by atoms with van der Waals surface area (Å²) in [6, 6.07) is 20.3. The van der Waals surface area contributed by atoms with E-state index < -0.39 is 0 Å². The van der Waals surface area contributed by atoms with E-state index in [1.165, 1.54) is 0 Å². The predicted octanol–water partition coefficient (Wildman–Crippen LogP) is 5.08. The monoisotopic (exact) mass is 404 g/mol. The van der Waals surface area contributed by atoms with Crippen molar-refractivity contribution in [2.45, 2.75) is 16.7 Å². The Kier molecular flexibility index (Phi) is 5.27. The molecule has 2 amide bonds. The SMILES string of the molecule is CCOc1ccccc1C(=O)Nc1ccc2c(c1)N(C)C(=O)c1ccccc1S2. The normalized spacial score (nSPS) is 12.6. The molecule has 0 spiro atoms. The highest BCUT2D eigenvalue weighted by molar-refractivity contribution is 7.99. The zero-order chi connectivity index (χ0) is 20.4. The van der Waals surface area contributed by atoms with Crippen LogP contribution in [0.25, 0.3) is 0 Å². The van der Waals surface area contributed by atoms with Crippen LogP contribution in [0.2, 0.25) is 0 Å². The van der Waals surface area contributed by atoms with Crippen molar-refractivity contribution in [1.29, 1.82) is 0 Å². The van der Waals surface area contributed by atoms with Crippen LogP contribution in [0.3, 0.4) is 0 Å². The second kappa shape index (κ2) is 8.01. The summed E-state index contributed by atoms with van der Waals surface area (Å²) >= 11 is 1.55. The summed E-state index contributed by atoms with van der Waals surface area (Å²) in [4.78, 5) is 29.2. The number of amides is 2. The molecule has 0 atom stereocenters. The lowest BCUT2D eigenvalue weighted by molar-refractivity contribution is 0.0988. The van der Waals surface area contributed by atoms with Gasteiger partial charge in [0.1, 0.15) is 5.75 Å². The molecule has 0 bridgehead atoms. The quantitative estimate of drug-likeness (QED) is 0.659. The fraction of sp³-hybridized carbons (Fsp3) is 0.130. The number of ether oxygens (including phenoxy) is 1. The average Bonchev–Trinajstić information content (AvgIpc) is 2.84. The number of fused-ring (bicyclic) bond motifs is 2.